The zero-order valence-electron chi connectivity index (χ0n) is 15.1. The number of rotatable bonds is 5. The van der Waals surface area contributed by atoms with Crippen LogP contribution in [0.2, 0.25) is 0 Å². The Labute approximate surface area is 157 Å². The molecule has 2 heterocycles. The number of carbonyl (C=O) groups is 2. The third kappa shape index (κ3) is 4.26. The van der Waals surface area contributed by atoms with Gasteiger partial charge >= 0.3 is 0 Å². The maximum Gasteiger partial charge on any atom is 0.269 e. The maximum absolute atomic E-state index is 12.6. The number of carbonyl (C=O) groups excluding carboxylic acids is 2. The zero-order valence-corrected chi connectivity index (χ0v) is 15.1. The van der Waals surface area contributed by atoms with Crippen molar-refractivity contribution in [2.24, 2.45) is 11.6 Å². The van der Waals surface area contributed by atoms with Crippen molar-refractivity contribution in [1.82, 2.24) is 19.9 Å². The zero-order chi connectivity index (χ0) is 19.4. The van der Waals surface area contributed by atoms with Crippen molar-refractivity contribution in [2.75, 3.05) is 11.9 Å². The Hall–Kier alpha value is -3.33. The molecule has 3 rings (SSSR count). The number of nitrogens with one attached hydrogen (secondary N) is 1. The Balaban J connectivity index is 1.62. The van der Waals surface area contributed by atoms with E-state index in [1.807, 2.05) is 34.9 Å². The largest absolute Gasteiger partial charge is 0.393 e. The molecule has 1 aromatic heterocycles. The lowest BCUT2D eigenvalue weighted by Crippen LogP contribution is -2.48. The molecule has 2 aromatic rings. The molecule has 2 amide bonds. The highest BCUT2D eigenvalue weighted by Crippen LogP contribution is 2.19. The van der Waals surface area contributed by atoms with E-state index >= 15 is 0 Å². The van der Waals surface area contributed by atoms with Gasteiger partial charge in [-0.15, -0.1) is 0 Å². The van der Waals surface area contributed by atoms with Crippen LogP contribution in [0.15, 0.2) is 54.8 Å². The van der Waals surface area contributed by atoms with Crippen LogP contribution in [-0.2, 0) is 22.7 Å². The lowest BCUT2D eigenvalue weighted by Gasteiger charge is -2.21. The number of nitrogens with two attached hydrogens (primary N) is 2. The molecular weight excluding hydrogens is 346 g/mol. The molecule has 1 aliphatic rings. The Kier molecular flexibility index (Phi) is 5.41. The number of benzene rings is 1. The Morgan fingerprint density at radius 3 is 2.89 bits per heavy atom. The minimum atomic E-state index is -0.672. The third-order valence-electron chi connectivity index (χ3n) is 4.40. The van der Waals surface area contributed by atoms with Gasteiger partial charge in [0.2, 0.25) is 0 Å². The number of fused-ring (bicyclic) bond motifs is 1. The summed E-state index contributed by atoms with van der Waals surface area (Å²) in [7, 11) is 1.65. The number of aromatic nitrogens is 2. The lowest BCUT2D eigenvalue weighted by molar-refractivity contribution is -0.125. The molecule has 5 N–H and O–H groups in total. The first kappa shape index (κ1) is 18.5. The van der Waals surface area contributed by atoms with E-state index in [1.54, 1.807) is 19.6 Å². The van der Waals surface area contributed by atoms with Gasteiger partial charge in [-0.2, -0.15) is 0 Å². The third-order valence-corrected chi connectivity index (χ3v) is 4.40. The molecular formula is C18H23N7O2. The first-order valence-electron chi connectivity index (χ1n) is 8.57. The average Bonchev–Trinajstić information content (AvgIpc) is 3.09. The number of amides is 2. The fourth-order valence-corrected chi connectivity index (χ4v) is 2.96. The fraction of sp³-hybridized carbons (Fsp3) is 0.278. The summed E-state index contributed by atoms with van der Waals surface area (Å²) in [6.07, 6.45) is 5.09. The summed E-state index contributed by atoms with van der Waals surface area (Å²) in [5.74, 6) is 5.85. The SMILES string of the molecule is CN1C(=O)C(NC(=O)/C(N)=C/N(N)Cc2ccccc2)CCn2cncc21. The van der Waals surface area contributed by atoms with Crippen LogP contribution < -0.4 is 21.8 Å². The molecule has 142 valence electrons. The van der Waals surface area contributed by atoms with Crippen molar-refractivity contribution in [1.29, 1.82) is 0 Å². The van der Waals surface area contributed by atoms with Crippen LogP contribution in [0, 0.1) is 0 Å². The molecule has 0 spiro atoms. The van der Waals surface area contributed by atoms with E-state index in [2.05, 4.69) is 10.3 Å². The molecule has 1 aliphatic heterocycles. The summed E-state index contributed by atoms with van der Waals surface area (Å²) in [4.78, 5) is 30.5. The predicted molar refractivity (Wildman–Crippen MR) is 101 cm³/mol. The maximum atomic E-state index is 12.6. The number of imidazole rings is 1. The highest BCUT2D eigenvalue weighted by molar-refractivity contribution is 6.01. The van der Waals surface area contributed by atoms with Crippen molar-refractivity contribution in [3.63, 3.8) is 0 Å². The monoisotopic (exact) mass is 369 g/mol. The van der Waals surface area contributed by atoms with Crippen LogP contribution in [0.4, 0.5) is 5.82 Å². The van der Waals surface area contributed by atoms with Crippen LogP contribution >= 0.6 is 0 Å². The van der Waals surface area contributed by atoms with Crippen molar-refractivity contribution in [3.05, 3.63) is 60.3 Å². The van der Waals surface area contributed by atoms with Gasteiger partial charge in [0.1, 0.15) is 17.6 Å². The summed E-state index contributed by atoms with van der Waals surface area (Å²) in [6, 6.07) is 8.90. The van der Waals surface area contributed by atoms with Gasteiger partial charge in [-0.1, -0.05) is 30.3 Å². The number of nitrogens with zero attached hydrogens (tertiary/aromatic N) is 4. The summed E-state index contributed by atoms with van der Waals surface area (Å²) in [5, 5.41) is 4.03. The van der Waals surface area contributed by atoms with E-state index in [0.29, 0.717) is 25.3 Å². The summed E-state index contributed by atoms with van der Waals surface area (Å²) in [6.45, 7) is 0.972. The molecule has 1 unspecified atom stereocenters. The van der Waals surface area contributed by atoms with E-state index in [4.69, 9.17) is 11.6 Å². The molecule has 0 saturated heterocycles. The molecule has 1 aromatic carbocycles. The number of anilines is 1. The number of hydrazine groups is 1. The number of hydrogen-bond donors (Lipinski definition) is 3. The first-order chi connectivity index (χ1) is 13.0. The van der Waals surface area contributed by atoms with Crippen molar-refractivity contribution in [2.45, 2.75) is 25.6 Å². The molecule has 0 saturated carbocycles. The molecule has 1 atom stereocenters. The summed E-state index contributed by atoms with van der Waals surface area (Å²) < 4.78 is 1.87. The van der Waals surface area contributed by atoms with Crippen LogP contribution in [-0.4, -0.2) is 39.5 Å². The van der Waals surface area contributed by atoms with Gasteiger partial charge in [-0.25, -0.2) is 10.8 Å². The minimum Gasteiger partial charge on any atom is -0.393 e. The quantitative estimate of drug-likeness (QED) is 0.385. The van der Waals surface area contributed by atoms with Gasteiger partial charge in [-0.05, 0) is 12.0 Å². The van der Waals surface area contributed by atoms with E-state index in [1.165, 1.54) is 16.1 Å². The van der Waals surface area contributed by atoms with Crippen molar-refractivity contribution in [3.8, 4) is 0 Å². The second-order valence-electron chi connectivity index (χ2n) is 6.40. The van der Waals surface area contributed by atoms with E-state index < -0.39 is 11.9 Å². The summed E-state index contributed by atoms with van der Waals surface area (Å²) >= 11 is 0. The normalized spacial score (nSPS) is 17.3. The van der Waals surface area contributed by atoms with Gasteiger partial charge in [0.15, 0.2) is 0 Å². The van der Waals surface area contributed by atoms with Gasteiger partial charge in [0.05, 0.1) is 19.1 Å². The summed E-state index contributed by atoms with van der Waals surface area (Å²) in [5.41, 5.74) is 6.79. The van der Waals surface area contributed by atoms with E-state index in [-0.39, 0.29) is 11.6 Å². The second kappa shape index (κ2) is 7.92. The van der Waals surface area contributed by atoms with Crippen molar-refractivity contribution >= 4 is 17.6 Å². The molecule has 0 bridgehead atoms. The highest BCUT2D eigenvalue weighted by atomic mass is 16.2. The number of likely N-dealkylation sites (N-methyl/N-ethyl adjacent to an activating group) is 1. The predicted octanol–water partition coefficient (Wildman–Crippen LogP) is -0.0896. The number of aryl methyl sites for hydroxylation is 1. The van der Waals surface area contributed by atoms with Gasteiger partial charge in [0.25, 0.3) is 11.8 Å². The Morgan fingerprint density at radius 1 is 1.41 bits per heavy atom. The van der Waals surface area contributed by atoms with Crippen LogP contribution in [0.3, 0.4) is 0 Å². The van der Waals surface area contributed by atoms with Crippen molar-refractivity contribution < 1.29 is 9.59 Å². The number of hydrogen-bond acceptors (Lipinski definition) is 6. The molecule has 27 heavy (non-hydrogen) atoms. The molecule has 0 aliphatic carbocycles. The minimum absolute atomic E-state index is 0.0607. The van der Waals surface area contributed by atoms with E-state index in [9.17, 15) is 9.59 Å². The first-order valence-corrected chi connectivity index (χ1v) is 8.57. The van der Waals surface area contributed by atoms with Crippen LogP contribution in [0.25, 0.3) is 0 Å². The highest BCUT2D eigenvalue weighted by Gasteiger charge is 2.29. The van der Waals surface area contributed by atoms with Gasteiger partial charge < -0.3 is 20.6 Å². The fourth-order valence-electron chi connectivity index (χ4n) is 2.96. The molecule has 9 heteroatoms. The van der Waals surface area contributed by atoms with E-state index in [0.717, 1.165) is 5.56 Å². The topological polar surface area (TPSA) is 123 Å². The van der Waals surface area contributed by atoms with Gasteiger partial charge in [0, 0.05) is 19.8 Å². The molecule has 0 fully saturated rings. The standard InChI is InChI=1S/C18H23N7O2/c1-23-16-9-21-12-24(16)8-7-15(18(23)27)22-17(26)14(19)11-25(20)10-13-5-3-2-4-6-13/h2-6,9,11-12,15H,7-8,10,19-20H2,1H3,(H,22,26)/b14-11-. The average molecular weight is 369 g/mol. The Bertz CT molecular complexity index is 846. The Morgan fingerprint density at radius 2 is 2.15 bits per heavy atom. The lowest BCUT2D eigenvalue weighted by atomic mass is 10.2. The second-order valence-corrected chi connectivity index (χ2v) is 6.40. The smallest absolute Gasteiger partial charge is 0.269 e. The van der Waals surface area contributed by atoms with Crippen LogP contribution in [0.5, 0.6) is 0 Å². The molecule has 0 radical (unpaired) electrons. The van der Waals surface area contributed by atoms with Crippen LogP contribution in [0.1, 0.15) is 12.0 Å². The molecule has 9 nitrogen and oxygen atoms in total. The van der Waals surface area contributed by atoms with Gasteiger partial charge in [-0.3, -0.25) is 14.5 Å².